The van der Waals surface area contributed by atoms with Gasteiger partial charge in [0.25, 0.3) is 5.91 Å². The molecule has 2 amide bonds. The van der Waals surface area contributed by atoms with Crippen LogP contribution in [0.2, 0.25) is 0 Å². The lowest BCUT2D eigenvalue weighted by molar-refractivity contribution is -0.183. The lowest BCUT2D eigenvalue weighted by Crippen LogP contribution is -2.60. The van der Waals surface area contributed by atoms with Crippen molar-refractivity contribution in [2.45, 2.75) is 26.8 Å². The van der Waals surface area contributed by atoms with E-state index in [0.29, 0.717) is 26.3 Å². The molecule has 0 N–H and O–H groups in total. The maximum Gasteiger partial charge on any atom is 0.410 e. The molecule has 1 aliphatic rings. The van der Waals surface area contributed by atoms with E-state index in [4.69, 9.17) is 9.57 Å². The molecule has 1 rings (SSSR count). The number of hydrogen-bond acceptors (Lipinski definition) is 5. The minimum absolute atomic E-state index is 0.232. The third kappa shape index (κ3) is 5.17. The lowest BCUT2D eigenvalue weighted by atomic mass is 10.1. The molecule has 122 valence electrons. The monoisotopic (exact) mass is 301 g/mol. The Bertz CT molecular complexity index is 362. The van der Waals surface area contributed by atoms with Crippen LogP contribution in [0.3, 0.4) is 0 Å². The summed E-state index contributed by atoms with van der Waals surface area (Å²) in [7, 11) is 3.50. The zero-order valence-corrected chi connectivity index (χ0v) is 13.7. The number of rotatable bonds is 5. The highest BCUT2D eigenvalue weighted by Gasteiger charge is 2.37. The van der Waals surface area contributed by atoms with E-state index in [-0.39, 0.29) is 11.8 Å². The number of piperazine rings is 1. The predicted octanol–water partition coefficient (Wildman–Crippen LogP) is 0.805. The van der Waals surface area contributed by atoms with E-state index in [9.17, 15) is 9.59 Å². The van der Waals surface area contributed by atoms with Crippen LogP contribution in [-0.2, 0) is 14.4 Å². The Morgan fingerprint density at radius 1 is 1.33 bits per heavy atom. The van der Waals surface area contributed by atoms with Gasteiger partial charge in [-0.3, -0.25) is 14.5 Å². The van der Waals surface area contributed by atoms with Gasteiger partial charge in [-0.1, -0.05) is 13.8 Å². The van der Waals surface area contributed by atoms with Crippen LogP contribution < -0.4 is 0 Å². The first-order valence-electron chi connectivity index (χ1n) is 7.39. The summed E-state index contributed by atoms with van der Waals surface area (Å²) in [4.78, 5) is 33.3. The van der Waals surface area contributed by atoms with Gasteiger partial charge in [0.05, 0.1) is 13.2 Å². The molecule has 0 aromatic rings. The highest BCUT2D eigenvalue weighted by molar-refractivity contribution is 5.85. The Hall–Kier alpha value is -1.34. The number of amides is 2. The Balaban J connectivity index is 2.74. The number of carbonyl (C=O) groups is 2. The summed E-state index contributed by atoms with van der Waals surface area (Å²) in [6, 6.07) is -0.569. The van der Waals surface area contributed by atoms with Crippen molar-refractivity contribution in [1.29, 1.82) is 0 Å². The van der Waals surface area contributed by atoms with Crippen molar-refractivity contribution in [1.82, 2.24) is 14.9 Å². The SMILES string of the molecule is CCON(C)C(=O)[C@@H]1CN(C)CCN1C(=O)OCC(C)C. The van der Waals surface area contributed by atoms with Crippen LogP contribution in [0, 0.1) is 5.92 Å². The standard InChI is InChI=1S/C14H27N3O4/c1-6-21-16(5)13(18)12-9-15(4)7-8-17(12)14(19)20-10-11(2)3/h11-12H,6-10H2,1-5H3/t12-/m0/s1. The van der Waals surface area contributed by atoms with Crippen molar-refractivity contribution in [3.05, 3.63) is 0 Å². The van der Waals surface area contributed by atoms with Gasteiger partial charge >= 0.3 is 6.09 Å². The molecule has 21 heavy (non-hydrogen) atoms. The summed E-state index contributed by atoms with van der Waals surface area (Å²) in [5, 5.41) is 1.20. The first kappa shape index (κ1) is 17.7. The second kappa shape index (κ2) is 8.19. The molecule has 1 atom stereocenters. The summed E-state index contributed by atoms with van der Waals surface area (Å²) >= 11 is 0. The minimum atomic E-state index is -0.569. The second-order valence-corrected chi connectivity index (χ2v) is 5.70. The van der Waals surface area contributed by atoms with E-state index in [2.05, 4.69) is 0 Å². The molecule has 0 unspecified atom stereocenters. The molecule has 0 radical (unpaired) electrons. The van der Waals surface area contributed by atoms with Crippen LogP contribution in [0.1, 0.15) is 20.8 Å². The summed E-state index contributed by atoms with van der Waals surface area (Å²) in [5.41, 5.74) is 0. The normalized spacial score (nSPS) is 19.7. The van der Waals surface area contributed by atoms with E-state index < -0.39 is 12.1 Å². The van der Waals surface area contributed by atoms with Crippen LogP contribution in [-0.4, -0.2) is 79.8 Å². The van der Waals surface area contributed by atoms with Crippen molar-refractivity contribution in [2.75, 3.05) is 46.9 Å². The zero-order valence-electron chi connectivity index (χ0n) is 13.7. The largest absolute Gasteiger partial charge is 0.449 e. The van der Waals surface area contributed by atoms with E-state index in [0.717, 1.165) is 6.54 Å². The molecule has 0 aliphatic carbocycles. The van der Waals surface area contributed by atoms with Gasteiger partial charge in [-0.2, -0.15) is 0 Å². The van der Waals surface area contributed by atoms with Crippen LogP contribution in [0.5, 0.6) is 0 Å². The van der Waals surface area contributed by atoms with Crippen LogP contribution in [0.15, 0.2) is 0 Å². The predicted molar refractivity (Wildman–Crippen MR) is 78.6 cm³/mol. The summed E-state index contributed by atoms with van der Waals surface area (Å²) in [5.74, 6) is 0.0339. The summed E-state index contributed by atoms with van der Waals surface area (Å²) < 4.78 is 5.26. The Morgan fingerprint density at radius 3 is 2.57 bits per heavy atom. The van der Waals surface area contributed by atoms with E-state index >= 15 is 0 Å². The number of hydrogen-bond donors (Lipinski definition) is 0. The summed E-state index contributed by atoms with van der Waals surface area (Å²) in [6.07, 6.45) is -0.431. The fraction of sp³-hybridized carbons (Fsp3) is 0.857. The van der Waals surface area contributed by atoms with Gasteiger partial charge in [0.1, 0.15) is 6.04 Å². The molecule has 1 aliphatic heterocycles. The molecule has 1 saturated heterocycles. The average Bonchev–Trinajstić information content (AvgIpc) is 2.44. The smallest absolute Gasteiger partial charge is 0.410 e. The lowest BCUT2D eigenvalue weighted by Gasteiger charge is -2.39. The maximum absolute atomic E-state index is 12.4. The molecule has 0 aromatic heterocycles. The molecule has 1 heterocycles. The fourth-order valence-electron chi connectivity index (χ4n) is 2.14. The number of likely N-dealkylation sites (N-methyl/N-ethyl adjacent to an activating group) is 2. The van der Waals surface area contributed by atoms with Gasteiger partial charge in [-0.25, -0.2) is 9.86 Å². The van der Waals surface area contributed by atoms with Gasteiger partial charge in [0.15, 0.2) is 0 Å². The highest BCUT2D eigenvalue weighted by Crippen LogP contribution is 2.13. The zero-order chi connectivity index (χ0) is 16.0. The van der Waals surface area contributed by atoms with Crippen molar-refractivity contribution in [3.63, 3.8) is 0 Å². The summed E-state index contributed by atoms with van der Waals surface area (Å²) in [6.45, 7) is 8.20. The van der Waals surface area contributed by atoms with E-state index in [1.165, 1.54) is 9.96 Å². The third-order valence-electron chi connectivity index (χ3n) is 3.28. The molecular weight excluding hydrogens is 274 g/mol. The molecule has 0 spiro atoms. The molecular formula is C14H27N3O4. The second-order valence-electron chi connectivity index (χ2n) is 5.70. The van der Waals surface area contributed by atoms with E-state index in [1.807, 2.05) is 32.7 Å². The van der Waals surface area contributed by atoms with Crippen LogP contribution in [0.4, 0.5) is 4.79 Å². The van der Waals surface area contributed by atoms with Gasteiger partial charge < -0.3 is 9.64 Å². The van der Waals surface area contributed by atoms with E-state index in [1.54, 1.807) is 7.05 Å². The number of ether oxygens (including phenoxy) is 1. The quantitative estimate of drug-likeness (QED) is 0.703. The maximum atomic E-state index is 12.4. The number of carbonyl (C=O) groups excluding carboxylic acids is 2. The molecule has 0 bridgehead atoms. The van der Waals surface area contributed by atoms with Gasteiger partial charge in [-0.05, 0) is 19.9 Å². The Kier molecular flexibility index (Phi) is 6.91. The number of nitrogens with zero attached hydrogens (tertiary/aromatic N) is 3. The molecule has 0 aromatic carbocycles. The first-order valence-corrected chi connectivity index (χ1v) is 7.39. The first-order chi connectivity index (χ1) is 9.86. The van der Waals surface area contributed by atoms with Crippen molar-refractivity contribution in [3.8, 4) is 0 Å². The highest BCUT2D eigenvalue weighted by atomic mass is 16.7. The molecule has 7 heteroatoms. The fourth-order valence-corrected chi connectivity index (χ4v) is 2.14. The Morgan fingerprint density at radius 2 is 2.00 bits per heavy atom. The van der Waals surface area contributed by atoms with Gasteiger partial charge in [-0.15, -0.1) is 0 Å². The van der Waals surface area contributed by atoms with Crippen LogP contribution in [0.25, 0.3) is 0 Å². The minimum Gasteiger partial charge on any atom is -0.449 e. The topological polar surface area (TPSA) is 62.3 Å². The van der Waals surface area contributed by atoms with Crippen molar-refractivity contribution >= 4 is 12.0 Å². The van der Waals surface area contributed by atoms with Crippen molar-refractivity contribution in [2.24, 2.45) is 5.92 Å². The molecule has 0 saturated carbocycles. The Labute approximate surface area is 126 Å². The van der Waals surface area contributed by atoms with Crippen molar-refractivity contribution < 1.29 is 19.2 Å². The average molecular weight is 301 g/mol. The molecule has 7 nitrogen and oxygen atoms in total. The number of hydroxylamine groups is 2. The van der Waals surface area contributed by atoms with Gasteiger partial charge in [0.2, 0.25) is 0 Å². The third-order valence-corrected chi connectivity index (χ3v) is 3.28. The molecule has 1 fully saturated rings. The van der Waals surface area contributed by atoms with Gasteiger partial charge in [0, 0.05) is 26.7 Å². The van der Waals surface area contributed by atoms with Crippen LogP contribution >= 0.6 is 0 Å².